The number of hydrogen-bond acceptors (Lipinski definition) is 1. The predicted octanol–water partition coefficient (Wildman–Crippen LogP) is 2.92. The maximum Gasteiger partial charge on any atom is -0.000556 e. The van der Waals surface area contributed by atoms with E-state index in [-0.39, 0.29) is 0 Å². The van der Waals surface area contributed by atoms with Crippen LogP contribution in [0.1, 0.15) is 37.2 Å². The van der Waals surface area contributed by atoms with Gasteiger partial charge in [-0.15, -0.1) is 0 Å². The van der Waals surface area contributed by atoms with Crippen LogP contribution in [0.3, 0.4) is 0 Å². The minimum absolute atomic E-state index is 0.596. The van der Waals surface area contributed by atoms with E-state index in [2.05, 4.69) is 30.3 Å². The molecule has 1 nitrogen and oxygen atoms in total. The Balaban J connectivity index is 2.12. The van der Waals surface area contributed by atoms with Crippen molar-refractivity contribution in [3.63, 3.8) is 0 Å². The molecule has 1 atom stereocenters. The standard InChI is InChI=1S/C13H19N/c14-10-13(12-8-4-5-9-12)11-6-2-1-3-7-11/h1-3,6-7,12-13H,4-5,8-10,14H2/t13-/m0/s1. The summed E-state index contributed by atoms with van der Waals surface area (Å²) in [5.41, 5.74) is 7.32. The smallest absolute Gasteiger partial charge is 0.000556 e. The molecule has 0 radical (unpaired) electrons. The second-order valence-electron chi connectivity index (χ2n) is 4.30. The zero-order chi connectivity index (χ0) is 9.80. The van der Waals surface area contributed by atoms with Crippen LogP contribution < -0.4 is 5.73 Å². The van der Waals surface area contributed by atoms with E-state index in [1.165, 1.54) is 31.2 Å². The van der Waals surface area contributed by atoms with Gasteiger partial charge >= 0.3 is 0 Å². The average molecular weight is 189 g/mol. The lowest BCUT2D eigenvalue weighted by atomic mass is 9.85. The predicted molar refractivity (Wildman–Crippen MR) is 60.2 cm³/mol. The summed E-state index contributed by atoms with van der Waals surface area (Å²) < 4.78 is 0. The van der Waals surface area contributed by atoms with Crippen molar-refractivity contribution in [3.8, 4) is 0 Å². The molecule has 2 N–H and O–H groups in total. The second-order valence-corrected chi connectivity index (χ2v) is 4.30. The Hall–Kier alpha value is -0.820. The van der Waals surface area contributed by atoms with Crippen molar-refractivity contribution < 1.29 is 0 Å². The maximum absolute atomic E-state index is 5.88. The van der Waals surface area contributed by atoms with Gasteiger partial charge in [-0.05, 0) is 36.8 Å². The molecule has 1 heteroatoms. The van der Waals surface area contributed by atoms with Gasteiger partial charge in [-0.2, -0.15) is 0 Å². The number of benzene rings is 1. The fourth-order valence-electron chi connectivity index (χ4n) is 2.66. The van der Waals surface area contributed by atoms with Crippen molar-refractivity contribution in [2.24, 2.45) is 11.7 Å². The Morgan fingerprint density at radius 2 is 1.79 bits per heavy atom. The molecule has 1 saturated carbocycles. The summed E-state index contributed by atoms with van der Waals surface area (Å²) in [6.07, 6.45) is 5.54. The van der Waals surface area contributed by atoms with Crippen LogP contribution in [0.5, 0.6) is 0 Å². The van der Waals surface area contributed by atoms with Gasteiger partial charge in [0, 0.05) is 0 Å². The summed E-state index contributed by atoms with van der Waals surface area (Å²) in [4.78, 5) is 0. The maximum atomic E-state index is 5.88. The van der Waals surface area contributed by atoms with E-state index < -0.39 is 0 Å². The van der Waals surface area contributed by atoms with Gasteiger partial charge in [0.1, 0.15) is 0 Å². The van der Waals surface area contributed by atoms with Gasteiger partial charge in [-0.3, -0.25) is 0 Å². The van der Waals surface area contributed by atoms with Crippen LogP contribution >= 0.6 is 0 Å². The van der Waals surface area contributed by atoms with Crippen LogP contribution in [-0.4, -0.2) is 6.54 Å². The van der Waals surface area contributed by atoms with Gasteiger partial charge in [-0.1, -0.05) is 43.2 Å². The molecule has 1 aromatic carbocycles. The van der Waals surface area contributed by atoms with Crippen LogP contribution in [0, 0.1) is 5.92 Å². The summed E-state index contributed by atoms with van der Waals surface area (Å²) in [7, 11) is 0. The Morgan fingerprint density at radius 1 is 1.14 bits per heavy atom. The molecule has 0 heterocycles. The van der Waals surface area contributed by atoms with Gasteiger partial charge in [0.2, 0.25) is 0 Å². The molecule has 76 valence electrons. The van der Waals surface area contributed by atoms with E-state index >= 15 is 0 Å². The van der Waals surface area contributed by atoms with Gasteiger partial charge < -0.3 is 5.73 Å². The molecule has 0 aliphatic heterocycles. The SMILES string of the molecule is NC[C@@H](c1ccccc1)C1CCCC1. The zero-order valence-electron chi connectivity index (χ0n) is 8.65. The van der Waals surface area contributed by atoms with Crippen LogP contribution in [0.15, 0.2) is 30.3 Å². The first-order valence-electron chi connectivity index (χ1n) is 5.67. The van der Waals surface area contributed by atoms with Crippen LogP contribution in [0.4, 0.5) is 0 Å². The summed E-state index contributed by atoms with van der Waals surface area (Å²) in [6.45, 7) is 0.800. The third-order valence-corrected chi connectivity index (χ3v) is 3.45. The lowest BCUT2D eigenvalue weighted by molar-refractivity contribution is 0.440. The fourth-order valence-corrected chi connectivity index (χ4v) is 2.66. The quantitative estimate of drug-likeness (QED) is 0.777. The molecule has 0 amide bonds. The van der Waals surface area contributed by atoms with Crippen molar-refractivity contribution in [3.05, 3.63) is 35.9 Å². The largest absolute Gasteiger partial charge is 0.330 e. The molecule has 1 aromatic rings. The first-order valence-corrected chi connectivity index (χ1v) is 5.67. The van der Waals surface area contributed by atoms with Crippen molar-refractivity contribution >= 4 is 0 Å². The highest BCUT2D eigenvalue weighted by atomic mass is 14.6. The van der Waals surface area contributed by atoms with Crippen LogP contribution in [0.25, 0.3) is 0 Å². The molecule has 2 rings (SSSR count). The van der Waals surface area contributed by atoms with Crippen molar-refractivity contribution in [1.82, 2.24) is 0 Å². The monoisotopic (exact) mass is 189 g/mol. The molecule has 14 heavy (non-hydrogen) atoms. The van der Waals surface area contributed by atoms with Gasteiger partial charge in [0.05, 0.1) is 0 Å². The molecule has 1 aliphatic rings. The molecular formula is C13H19N. The Bertz CT molecular complexity index is 262. The first kappa shape index (κ1) is 9.72. The third-order valence-electron chi connectivity index (χ3n) is 3.45. The summed E-state index contributed by atoms with van der Waals surface area (Å²) in [6, 6.07) is 10.7. The molecule has 0 unspecified atom stereocenters. The van der Waals surface area contributed by atoms with Gasteiger partial charge in [-0.25, -0.2) is 0 Å². The highest BCUT2D eigenvalue weighted by molar-refractivity contribution is 5.21. The number of rotatable bonds is 3. The minimum atomic E-state index is 0.596. The van der Waals surface area contributed by atoms with E-state index in [1.54, 1.807) is 0 Å². The van der Waals surface area contributed by atoms with Gasteiger partial charge in [0.15, 0.2) is 0 Å². The van der Waals surface area contributed by atoms with E-state index in [4.69, 9.17) is 5.73 Å². The highest BCUT2D eigenvalue weighted by Gasteiger charge is 2.24. The Labute approximate surface area is 86.3 Å². The topological polar surface area (TPSA) is 26.0 Å². The zero-order valence-corrected chi connectivity index (χ0v) is 8.65. The van der Waals surface area contributed by atoms with Crippen LogP contribution in [-0.2, 0) is 0 Å². The fraction of sp³-hybridized carbons (Fsp3) is 0.538. The minimum Gasteiger partial charge on any atom is -0.330 e. The summed E-state index contributed by atoms with van der Waals surface area (Å²) in [5.74, 6) is 1.43. The molecule has 0 aromatic heterocycles. The van der Waals surface area contributed by atoms with E-state index in [0.29, 0.717) is 5.92 Å². The molecule has 1 fully saturated rings. The average Bonchev–Trinajstić information content (AvgIpc) is 2.74. The molecule has 0 spiro atoms. The van der Waals surface area contributed by atoms with Crippen molar-refractivity contribution in [2.45, 2.75) is 31.6 Å². The Kier molecular flexibility index (Phi) is 3.20. The molecule has 0 bridgehead atoms. The van der Waals surface area contributed by atoms with Crippen LogP contribution in [0.2, 0.25) is 0 Å². The van der Waals surface area contributed by atoms with Crippen molar-refractivity contribution in [2.75, 3.05) is 6.54 Å². The highest BCUT2D eigenvalue weighted by Crippen LogP contribution is 2.36. The molecule has 0 saturated heterocycles. The first-order chi connectivity index (χ1) is 6.92. The Morgan fingerprint density at radius 3 is 2.36 bits per heavy atom. The van der Waals surface area contributed by atoms with Gasteiger partial charge in [0.25, 0.3) is 0 Å². The van der Waals surface area contributed by atoms with Crippen molar-refractivity contribution in [1.29, 1.82) is 0 Å². The normalized spacial score (nSPS) is 19.8. The number of nitrogens with two attached hydrogens (primary N) is 1. The lowest BCUT2D eigenvalue weighted by Gasteiger charge is -2.22. The number of hydrogen-bond donors (Lipinski definition) is 1. The molecular weight excluding hydrogens is 170 g/mol. The third kappa shape index (κ3) is 1.98. The lowest BCUT2D eigenvalue weighted by Crippen LogP contribution is -2.19. The summed E-state index contributed by atoms with van der Waals surface area (Å²) in [5, 5.41) is 0. The van der Waals surface area contributed by atoms with E-state index in [1.807, 2.05) is 0 Å². The van der Waals surface area contributed by atoms with E-state index in [9.17, 15) is 0 Å². The summed E-state index contributed by atoms with van der Waals surface area (Å²) >= 11 is 0. The van der Waals surface area contributed by atoms with E-state index in [0.717, 1.165) is 12.5 Å². The second kappa shape index (κ2) is 4.61. The molecule has 1 aliphatic carbocycles.